The van der Waals surface area contributed by atoms with Gasteiger partial charge in [-0.3, -0.25) is 13.8 Å². The first kappa shape index (κ1) is 43.6. The quantitative estimate of drug-likeness (QED) is 0.0286. The third kappa shape index (κ3) is 37.0. The number of esters is 1. The maximum Gasteiger partial charge on any atom is 0.315 e. The van der Waals surface area contributed by atoms with Crippen LogP contribution in [0.25, 0.3) is 0 Å². The van der Waals surface area contributed by atoms with Crippen molar-refractivity contribution in [2.24, 2.45) is 0 Å². The highest BCUT2D eigenvalue weighted by Gasteiger charge is 2.05. The first-order valence-corrected chi connectivity index (χ1v) is 25.3. The van der Waals surface area contributed by atoms with E-state index in [-0.39, 0.29) is 30.9 Å². The zero-order chi connectivity index (χ0) is 30.1. The summed E-state index contributed by atoms with van der Waals surface area (Å²) >= 11 is 16.9. The largest absolute Gasteiger partial charge is 0.465 e. The molecule has 19 heteroatoms. The van der Waals surface area contributed by atoms with E-state index in [1.165, 1.54) is 23.5 Å². The Kier molecular flexibility index (Phi) is 39.5. The van der Waals surface area contributed by atoms with Crippen molar-refractivity contribution in [3.05, 3.63) is 0 Å². The molecule has 8 nitrogen and oxygen atoms in total. The molecular weight excluding hydrogens is 745 g/mol. The summed E-state index contributed by atoms with van der Waals surface area (Å²) in [6.45, 7) is 1.36. The molecule has 0 aliphatic rings. The standard InChI is InChI=1S/C22H42O8S11/c23-3-1-5-28-21(25)11-33-15-36-14-32-9-10-41(27)20-39-18-37-17-38-19-40-22(26)12-34-16-35-13-31-8-7-30-29-6-2-4-24/h23-24H,1-20H2. The molecule has 0 bridgehead atoms. The summed E-state index contributed by atoms with van der Waals surface area (Å²) in [6, 6.07) is 0. The Morgan fingerprint density at radius 1 is 0.610 bits per heavy atom. The Balaban J connectivity index is 3.30. The second-order valence-corrected chi connectivity index (χ2v) is 21.8. The van der Waals surface area contributed by atoms with Crippen LogP contribution in [-0.4, -0.2) is 128 Å². The smallest absolute Gasteiger partial charge is 0.315 e. The number of ether oxygens (including phenoxy) is 1. The normalized spacial score (nSPS) is 12.0. The van der Waals surface area contributed by atoms with Crippen LogP contribution in [0.1, 0.15) is 12.8 Å². The first-order chi connectivity index (χ1) is 20.1. The van der Waals surface area contributed by atoms with Crippen molar-refractivity contribution < 1.29 is 38.5 Å². The van der Waals surface area contributed by atoms with Crippen molar-refractivity contribution in [3.63, 3.8) is 0 Å². The molecule has 0 saturated heterocycles. The molecule has 0 heterocycles. The average molecular weight is 787 g/mol. The molecule has 0 aromatic heterocycles. The van der Waals surface area contributed by atoms with E-state index in [0.29, 0.717) is 48.4 Å². The fourth-order valence-corrected chi connectivity index (χ4v) is 15.3. The van der Waals surface area contributed by atoms with E-state index in [4.69, 9.17) is 24.7 Å². The van der Waals surface area contributed by atoms with Crippen LogP contribution < -0.4 is 0 Å². The van der Waals surface area contributed by atoms with Crippen LogP contribution in [0.5, 0.6) is 0 Å². The van der Waals surface area contributed by atoms with Crippen molar-refractivity contribution in [1.29, 1.82) is 0 Å². The number of aliphatic hydroxyl groups is 2. The number of carbonyl (C=O) groups is 2. The van der Waals surface area contributed by atoms with Crippen LogP contribution in [0.15, 0.2) is 0 Å². The summed E-state index contributed by atoms with van der Waals surface area (Å²) < 4.78 is 17.1. The monoisotopic (exact) mass is 786 g/mol. The van der Waals surface area contributed by atoms with E-state index in [0.717, 1.165) is 47.1 Å². The lowest BCUT2D eigenvalue weighted by Crippen LogP contribution is -2.09. The maximum absolute atomic E-state index is 12.1. The number of rotatable bonds is 33. The number of aliphatic hydroxyl groups excluding tert-OH is 2. The van der Waals surface area contributed by atoms with Gasteiger partial charge in [0.15, 0.2) is 5.12 Å². The molecule has 0 radical (unpaired) electrons. The van der Waals surface area contributed by atoms with E-state index in [2.05, 4.69) is 0 Å². The van der Waals surface area contributed by atoms with E-state index < -0.39 is 10.8 Å². The molecule has 2 N–H and O–H groups in total. The van der Waals surface area contributed by atoms with Gasteiger partial charge in [0.05, 0.1) is 36.4 Å². The third-order valence-corrected chi connectivity index (χ3v) is 18.0. The first-order valence-electron chi connectivity index (χ1n) is 12.4. The maximum atomic E-state index is 12.1. The van der Waals surface area contributed by atoms with Gasteiger partial charge in [-0.15, -0.1) is 94.1 Å². The van der Waals surface area contributed by atoms with Gasteiger partial charge in [0, 0.05) is 83.3 Å². The predicted octanol–water partition coefficient (Wildman–Crippen LogP) is 5.51. The summed E-state index contributed by atoms with van der Waals surface area (Å²) in [4.78, 5) is 33.3. The summed E-state index contributed by atoms with van der Waals surface area (Å²) in [6.07, 6.45) is 1.06. The zero-order valence-electron chi connectivity index (χ0n) is 23.0. The second kappa shape index (κ2) is 37.1. The van der Waals surface area contributed by atoms with Gasteiger partial charge in [0.2, 0.25) is 0 Å². The third-order valence-electron chi connectivity index (χ3n) is 3.76. The molecule has 0 rings (SSSR count). The van der Waals surface area contributed by atoms with Crippen molar-refractivity contribution in [2.75, 3.05) is 102 Å². The fraction of sp³-hybridized carbons (Fsp3) is 0.909. The van der Waals surface area contributed by atoms with Gasteiger partial charge in [-0.2, -0.15) is 11.8 Å². The molecule has 0 aliphatic heterocycles. The van der Waals surface area contributed by atoms with Gasteiger partial charge in [-0.05, 0) is 6.42 Å². The van der Waals surface area contributed by atoms with E-state index in [1.807, 2.05) is 0 Å². The summed E-state index contributed by atoms with van der Waals surface area (Å²) in [5, 5.41) is 24.4. The Hall–Kier alpha value is 2.63. The average Bonchev–Trinajstić information content (AvgIpc) is 2.96. The van der Waals surface area contributed by atoms with Gasteiger partial charge in [0.25, 0.3) is 0 Å². The summed E-state index contributed by atoms with van der Waals surface area (Å²) in [7, 11) is -0.807. The highest BCUT2D eigenvalue weighted by Crippen LogP contribution is 2.24. The summed E-state index contributed by atoms with van der Waals surface area (Å²) in [5.41, 5.74) is 0. The Bertz CT molecular complexity index is 626. The van der Waals surface area contributed by atoms with Crippen molar-refractivity contribution in [3.8, 4) is 0 Å². The van der Waals surface area contributed by atoms with Crippen molar-refractivity contribution >= 4 is 140 Å². The topological polar surface area (TPSA) is 119 Å². The van der Waals surface area contributed by atoms with Crippen LogP contribution in [0.3, 0.4) is 0 Å². The van der Waals surface area contributed by atoms with E-state index >= 15 is 0 Å². The van der Waals surface area contributed by atoms with Crippen LogP contribution in [0, 0.1) is 0 Å². The van der Waals surface area contributed by atoms with E-state index in [9.17, 15) is 13.8 Å². The highest BCUT2D eigenvalue weighted by atomic mass is 32.3. The molecule has 0 aromatic rings. The van der Waals surface area contributed by atoms with Crippen LogP contribution in [0.4, 0.5) is 0 Å². The van der Waals surface area contributed by atoms with Crippen molar-refractivity contribution in [2.45, 2.75) is 12.8 Å². The van der Waals surface area contributed by atoms with Gasteiger partial charge < -0.3 is 14.9 Å². The SMILES string of the molecule is O=C(CSCSCSCCS(=O)CSCSCSCSC(=O)CSCSCSCCOOCCCO)OCCCO. The van der Waals surface area contributed by atoms with Crippen LogP contribution in [-0.2, 0) is 34.9 Å². The molecule has 0 fully saturated rings. The van der Waals surface area contributed by atoms with Gasteiger partial charge >= 0.3 is 5.97 Å². The second-order valence-electron chi connectivity index (χ2n) is 7.16. The summed E-state index contributed by atoms with van der Waals surface area (Å²) in [5.74, 6) is 3.06. The minimum absolute atomic E-state index is 0.0317. The molecule has 1 unspecified atom stereocenters. The van der Waals surface area contributed by atoms with Crippen molar-refractivity contribution in [1.82, 2.24) is 0 Å². The number of thioether (sulfide) groups is 10. The van der Waals surface area contributed by atoms with Gasteiger partial charge in [-0.1, -0.05) is 11.8 Å². The Morgan fingerprint density at radius 3 is 1.90 bits per heavy atom. The molecule has 0 spiro atoms. The van der Waals surface area contributed by atoms with Crippen LogP contribution in [0.2, 0.25) is 0 Å². The van der Waals surface area contributed by atoms with Gasteiger partial charge in [-0.25, -0.2) is 9.78 Å². The Labute approximate surface area is 290 Å². The Morgan fingerprint density at radius 2 is 1.17 bits per heavy atom. The number of hydrogen-bond donors (Lipinski definition) is 2. The zero-order valence-corrected chi connectivity index (χ0v) is 32.0. The molecule has 0 aromatic carbocycles. The minimum Gasteiger partial charge on any atom is -0.465 e. The molecular formula is C22H42O8S11. The number of hydrogen-bond acceptors (Lipinski definition) is 18. The van der Waals surface area contributed by atoms with E-state index in [1.54, 1.807) is 94.1 Å². The van der Waals surface area contributed by atoms with Crippen LogP contribution >= 0.6 is 118 Å². The lowest BCUT2D eigenvalue weighted by molar-refractivity contribution is -0.291. The molecule has 1 atom stereocenters. The highest BCUT2D eigenvalue weighted by molar-refractivity contribution is 8.30. The molecule has 0 aliphatic carbocycles. The fourth-order valence-electron chi connectivity index (χ4n) is 1.97. The molecule has 0 amide bonds. The minimum atomic E-state index is -0.807. The predicted molar refractivity (Wildman–Crippen MR) is 199 cm³/mol. The molecule has 0 saturated carbocycles. The number of carbonyl (C=O) groups excluding carboxylic acids is 2. The lowest BCUT2D eigenvalue weighted by atomic mass is 10.5. The molecule has 244 valence electrons. The molecule has 41 heavy (non-hydrogen) atoms. The van der Waals surface area contributed by atoms with Gasteiger partial charge in [0.1, 0.15) is 0 Å². The lowest BCUT2D eigenvalue weighted by Gasteiger charge is -2.05.